The lowest BCUT2D eigenvalue weighted by Crippen LogP contribution is -2.39. The van der Waals surface area contributed by atoms with Crippen molar-refractivity contribution in [3.05, 3.63) is 39.4 Å². The molecule has 1 rings (SSSR count). The molecule has 0 radical (unpaired) electrons. The summed E-state index contributed by atoms with van der Waals surface area (Å²) >= 11 is 0. The molecule has 26 heavy (non-hydrogen) atoms. The van der Waals surface area contributed by atoms with Crippen LogP contribution in [0.3, 0.4) is 0 Å². The number of rotatable bonds is 9. The molecule has 2 atom stereocenters. The average Bonchev–Trinajstić information content (AvgIpc) is 2.64. The first kappa shape index (κ1) is 21.4. The van der Waals surface area contributed by atoms with Gasteiger partial charge in [-0.1, -0.05) is 0 Å². The maximum absolute atomic E-state index is 12.4. The molecule has 0 saturated heterocycles. The van der Waals surface area contributed by atoms with Crippen molar-refractivity contribution < 1.29 is 29.8 Å². The van der Waals surface area contributed by atoms with Gasteiger partial charge in [-0.2, -0.15) is 0 Å². The van der Waals surface area contributed by atoms with Crippen molar-refractivity contribution in [1.29, 1.82) is 0 Å². The molecule has 1 aromatic rings. The molecule has 144 valence electrons. The molecule has 0 saturated carbocycles. The lowest BCUT2D eigenvalue weighted by molar-refractivity contribution is -0.384. The third kappa shape index (κ3) is 6.04. The summed E-state index contributed by atoms with van der Waals surface area (Å²) in [5, 5.41) is 40.6. The fourth-order valence-electron chi connectivity index (χ4n) is 2.04. The minimum absolute atomic E-state index is 0.0517. The third-order valence-electron chi connectivity index (χ3n) is 3.44. The number of nitrogens with one attached hydrogen (secondary N) is 1. The summed E-state index contributed by atoms with van der Waals surface area (Å²) in [6, 6.07) is 2.51. The summed E-state index contributed by atoms with van der Waals surface area (Å²) in [5.41, 5.74) is 4.78. The molecule has 0 spiro atoms. The van der Waals surface area contributed by atoms with E-state index in [2.05, 4.69) is 5.32 Å². The van der Waals surface area contributed by atoms with Crippen LogP contribution in [-0.2, 0) is 0 Å². The van der Waals surface area contributed by atoms with E-state index in [0.717, 1.165) is 17.0 Å². The summed E-state index contributed by atoms with van der Waals surface area (Å²) in [6.45, 7) is -1.14. The van der Waals surface area contributed by atoms with Crippen molar-refractivity contribution in [1.82, 2.24) is 10.2 Å². The predicted molar refractivity (Wildman–Crippen MR) is 90.5 cm³/mol. The van der Waals surface area contributed by atoms with Crippen molar-refractivity contribution >= 4 is 17.5 Å². The summed E-state index contributed by atoms with van der Waals surface area (Å²) < 4.78 is 0. The van der Waals surface area contributed by atoms with Gasteiger partial charge in [0.15, 0.2) is 0 Å². The molecule has 0 aliphatic carbocycles. The van der Waals surface area contributed by atoms with Gasteiger partial charge in [0.1, 0.15) is 0 Å². The van der Waals surface area contributed by atoms with Crippen molar-refractivity contribution in [2.24, 2.45) is 5.73 Å². The number of nitro benzene ring substituents is 1. The number of nitrogens with zero attached hydrogens (tertiary/aromatic N) is 2. The van der Waals surface area contributed by atoms with Gasteiger partial charge >= 0.3 is 0 Å². The fraction of sp³-hybridized carbons (Fsp3) is 0.467. The van der Waals surface area contributed by atoms with Crippen LogP contribution < -0.4 is 11.1 Å². The van der Waals surface area contributed by atoms with Gasteiger partial charge < -0.3 is 31.3 Å². The summed E-state index contributed by atoms with van der Waals surface area (Å²) in [7, 11) is 1.35. The van der Waals surface area contributed by atoms with Crippen LogP contribution in [0.1, 0.15) is 20.7 Å². The first-order valence-corrected chi connectivity index (χ1v) is 7.68. The Balaban J connectivity index is 3.09. The highest BCUT2D eigenvalue weighted by molar-refractivity contribution is 6.00. The lowest BCUT2D eigenvalue weighted by atomic mass is 10.1. The van der Waals surface area contributed by atoms with E-state index in [1.165, 1.54) is 13.1 Å². The molecule has 1 aromatic carbocycles. The molecule has 0 aliphatic rings. The Morgan fingerprint density at radius 3 is 2.42 bits per heavy atom. The Bertz CT molecular complexity index is 667. The van der Waals surface area contributed by atoms with Crippen LogP contribution in [0.15, 0.2) is 18.2 Å². The summed E-state index contributed by atoms with van der Waals surface area (Å²) in [6.07, 6.45) is -1.16. The van der Waals surface area contributed by atoms with E-state index >= 15 is 0 Å². The van der Waals surface area contributed by atoms with Gasteiger partial charge in [0.05, 0.1) is 24.2 Å². The summed E-state index contributed by atoms with van der Waals surface area (Å²) in [5.74, 6) is -1.35. The first-order chi connectivity index (χ1) is 12.2. The number of carbonyl (C=O) groups excluding carboxylic acids is 2. The number of benzene rings is 1. The van der Waals surface area contributed by atoms with Gasteiger partial charge in [0, 0.05) is 49.4 Å². The van der Waals surface area contributed by atoms with Crippen molar-refractivity contribution in [3.8, 4) is 0 Å². The van der Waals surface area contributed by atoms with E-state index < -0.39 is 41.2 Å². The molecule has 11 nitrogen and oxygen atoms in total. The van der Waals surface area contributed by atoms with Crippen LogP contribution in [0.5, 0.6) is 0 Å². The molecule has 0 heterocycles. The van der Waals surface area contributed by atoms with Gasteiger partial charge in [-0.05, 0) is 6.07 Å². The second kappa shape index (κ2) is 9.77. The van der Waals surface area contributed by atoms with E-state index in [0.29, 0.717) is 0 Å². The molecule has 0 aliphatic heterocycles. The van der Waals surface area contributed by atoms with Crippen molar-refractivity contribution in [2.45, 2.75) is 12.1 Å². The van der Waals surface area contributed by atoms with Crippen LogP contribution in [-0.4, -0.2) is 82.5 Å². The van der Waals surface area contributed by atoms with E-state index in [1.807, 2.05) is 0 Å². The van der Waals surface area contributed by atoms with Crippen LogP contribution in [0, 0.1) is 10.1 Å². The monoisotopic (exact) mass is 370 g/mol. The molecule has 0 fully saturated rings. The Kier molecular flexibility index (Phi) is 8.06. The highest BCUT2D eigenvalue weighted by atomic mass is 16.6. The molecule has 0 bridgehead atoms. The summed E-state index contributed by atoms with van der Waals surface area (Å²) in [4.78, 5) is 35.9. The zero-order chi connectivity index (χ0) is 19.9. The number of hydrogen-bond acceptors (Lipinski definition) is 8. The first-order valence-electron chi connectivity index (χ1n) is 7.68. The number of non-ortho nitro benzene ring substituents is 1. The van der Waals surface area contributed by atoms with Gasteiger partial charge in [0.25, 0.3) is 17.5 Å². The fourth-order valence-corrected chi connectivity index (χ4v) is 2.04. The van der Waals surface area contributed by atoms with Gasteiger partial charge in [0.2, 0.25) is 0 Å². The minimum Gasteiger partial charge on any atom is -0.395 e. The Morgan fingerprint density at radius 1 is 1.27 bits per heavy atom. The highest BCUT2D eigenvalue weighted by Crippen LogP contribution is 2.19. The number of amides is 2. The average molecular weight is 370 g/mol. The minimum atomic E-state index is -1.16. The van der Waals surface area contributed by atoms with Crippen LogP contribution in [0.4, 0.5) is 5.69 Å². The van der Waals surface area contributed by atoms with Crippen molar-refractivity contribution in [2.75, 3.05) is 33.4 Å². The second-order valence-corrected chi connectivity index (χ2v) is 5.70. The van der Waals surface area contributed by atoms with Crippen LogP contribution in [0.2, 0.25) is 0 Å². The van der Waals surface area contributed by atoms with Crippen LogP contribution >= 0.6 is 0 Å². The number of likely N-dealkylation sites (N-methyl/N-ethyl adjacent to an activating group) is 1. The number of nitrogens with two attached hydrogens (primary N) is 1. The molecule has 6 N–H and O–H groups in total. The molecule has 2 unspecified atom stereocenters. The predicted octanol–water partition coefficient (Wildman–Crippen LogP) is -1.93. The number of nitro groups is 1. The number of aliphatic hydroxyl groups excluding tert-OH is 3. The van der Waals surface area contributed by atoms with Crippen LogP contribution in [0.25, 0.3) is 0 Å². The highest BCUT2D eigenvalue weighted by Gasteiger charge is 2.21. The third-order valence-corrected chi connectivity index (χ3v) is 3.44. The van der Waals surface area contributed by atoms with Gasteiger partial charge in [-0.3, -0.25) is 19.7 Å². The molecule has 2 amide bonds. The number of carbonyl (C=O) groups is 2. The zero-order valence-corrected chi connectivity index (χ0v) is 14.2. The van der Waals surface area contributed by atoms with Gasteiger partial charge in [-0.25, -0.2) is 0 Å². The van der Waals surface area contributed by atoms with E-state index in [9.17, 15) is 24.8 Å². The van der Waals surface area contributed by atoms with E-state index in [-0.39, 0.29) is 30.8 Å². The Morgan fingerprint density at radius 2 is 1.88 bits per heavy atom. The SMILES string of the molecule is CN(CC(O)CO)C(=O)c1cc(C(=O)NCC(N)CO)cc([N+](=O)[O-])c1. The quantitative estimate of drug-likeness (QED) is 0.246. The standard InChI is InChI=1S/C15H22N4O7/c1-18(6-13(22)8-21)15(24)10-2-9(3-12(4-10)19(25)26)14(23)17-5-11(16)7-20/h2-4,11,13,20-22H,5-8,16H2,1H3,(H,17,23). The second-order valence-electron chi connectivity index (χ2n) is 5.70. The number of aliphatic hydroxyl groups is 3. The van der Waals surface area contributed by atoms with E-state index in [1.54, 1.807) is 0 Å². The Labute approximate surface area is 149 Å². The molecule has 11 heteroatoms. The maximum Gasteiger partial charge on any atom is 0.271 e. The normalized spacial score (nSPS) is 13.0. The topological polar surface area (TPSA) is 179 Å². The molecular weight excluding hydrogens is 348 g/mol. The van der Waals surface area contributed by atoms with E-state index in [4.69, 9.17) is 15.9 Å². The molecule has 0 aromatic heterocycles. The maximum atomic E-state index is 12.4. The smallest absolute Gasteiger partial charge is 0.271 e. The van der Waals surface area contributed by atoms with Gasteiger partial charge in [-0.15, -0.1) is 0 Å². The van der Waals surface area contributed by atoms with Crippen molar-refractivity contribution in [3.63, 3.8) is 0 Å². The largest absolute Gasteiger partial charge is 0.395 e. The lowest BCUT2D eigenvalue weighted by Gasteiger charge is -2.20. The number of hydrogen-bond donors (Lipinski definition) is 5. The molecular formula is C15H22N4O7. The zero-order valence-electron chi connectivity index (χ0n) is 14.2. The Hall–Kier alpha value is -2.60.